The summed E-state index contributed by atoms with van der Waals surface area (Å²) in [5.41, 5.74) is 0. The van der Waals surface area contributed by atoms with Crippen molar-refractivity contribution in [3.63, 3.8) is 0 Å². The first-order valence-electron chi connectivity index (χ1n) is 8.58. The second-order valence-electron chi connectivity index (χ2n) is 6.02. The standard InChI is InChI=1S/C16H32O5S.2Na.2H/c1-2-3-4-5-6-7-8-9-10-11-12-13-14-15(16(17)18)22(19,20)21;;;;/h15H,2-14H2,1H3,(H,17,18)(H,19,20,21);;;;/q;2*+1;2*-1. The number of unbranched alkanes of at least 4 members (excludes halogenated alkanes) is 11. The molecule has 0 aromatic heterocycles. The van der Waals surface area contributed by atoms with Crippen molar-refractivity contribution >= 4 is 16.1 Å². The number of rotatable bonds is 15. The van der Waals surface area contributed by atoms with Crippen LogP contribution in [0.3, 0.4) is 0 Å². The molecule has 0 bridgehead atoms. The molecule has 8 heteroatoms. The van der Waals surface area contributed by atoms with Crippen LogP contribution in [0.2, 0.25) is 0 Å². The zero-order valence-corrected chi connectivity index (χ0v) is 20.6. The van der Waals surface area contributed by atoms with Gasteiger partial charge in [0.25, 0.3) is 10.1 Å². The summed E-state index contributed by atoms with van der Waals surface area (Å²) < 4.78 is 30.6. The summed E-state index contributed by atoms with van der Waals surface area (Å²) in [5, 5.41) is 7.08. The molecule has 0 spiro atoms. The van der Waals surface area contributed by atoms with Crippen LogP contribution < -0.4 is 59.1 Å². The first-order valence-corrected chi connectivity index (χ1v) is 10.1. The van der Waals surface area contributed by atoms with Gasteiger partial charge in [0.15, 0.2) is 5.25 Å². The van der Waals surface area contributed by atoms with Gasteiger partial charge in [-0.2, -0.15) is 8.42 Å². The van der Waals surface area contributed by atoms with Crippen molar-refractivity contribution in [1.29, 1.82) is 0 Å². The molecule has 0 aromatic rings. The summed E-state index contributed by atoms with van der Waals surface area (Å²) in [4.78, 5) is 10.7. The summed E-state index contributed by atoms with van der Waals surface area (Å²) in [5.74, 6) is -1.47. The zero-order chi connectivity index (χ0) is 16.8. The molecule has 0 aliphatic rings. The van der Waals surface area contributed by atoms with Crippen LogP contribution in [0.4, 0.5) is 0 Å². The van der Waals surface area contributed by atoms with Gasteiger partial charge >= 0.3 is 65.1 Å². The topological polar surface area (TPSA) is 91.7 Å². The van der Waals surface area contributed by atoms with E-state index in [2.05, 4.69) is 6.92 Å². The quantitative estimate of drug-likeness (QED) is 0.207. The van der Waals surface area contributed by atoms with Crippen molar-refractivity contribution < 1.29 is 84.8 Å². The zero-order valence-electron chi connectivity index (χ0n) is 17.8. The predicted octanol–water partition coefficient (Wildman–Crippen LogP) is -1.35. The molecule has 2 N–H and O–H groups in total. The molecule has 1 atom stereocenters. The van der Waals surface area contributed by atoms with Gasteiger partial charge in [0.1, 0.15) is 0 Å². The van der Waals surface area contributed by atoms with Crippen LogP contribution in [0, 0.1) is 0 Å². The summed E-state index contributed by atoms with van der Waals surface area (Å²) in [6.45, 7) is 2.22. The fraction of sp³-hybridized carbons (Fsp3) is 0.938. The van der Waals surface area contributed by atoms with Crippen molar-refractivity contribution in [2.24, 2.45) is 0 Å². The smallest absolute Gasteiger partial charge is 1.00 e. The molecule has 0 amide bonds. The monoisotopic (exact) mass is 384 g/mol. The molecule has 24 heavy (non-hydrogen) atoms. The second-order valence-corrected chi connectivity index (χ2v) is 7.62. The van der Waals surface area contributed by atoms with E-state index in [0.29, 0.717) is 6.42 Å². The van der Waals surface area contributed by atoms with E-state index >= 15 is 0 Å². The Kier molecular flexibility index (Phi) is 24.0. The molecule has 0 saturated carbocycles. The third kappa shape index (κ3) is 18.2. The number of carboxylic acid groups (broad SMARTS) is 1. The van der Waals surface area contributed by atoms with Crippen LogP contribution in [0.15, 0.2) is 0 Å². The first kappa shape index (κ1) is 30.1. The first-order chi connectivity index (χ1) is 10.4. The Morgan fingerprint density at radius 1 is 0.833 bits per heavy atom. The van der Waals surface area contributed by atoms with Crippen LogP contribution in [-0.2, 0) is 14.9 Å². The number of carbonyl (C=O) groups is 1. The van der Waals surface area contributed by atoms with Crippen LogP contribution in [0.25, 0.3) is 0 Å². The van der Waals surface area contributed by atoms with Crippen LogP contribution in [0.1, 0.15) is 93.2 Å². The van der Waals surface area contributed by atoms with Gasteiger partial charge in [0, 0.05) is 0 Å². The van der Waals surface area contributed by atoms with Crippen molar-refractivity contribution in [3.8, 4) is 0 Å². The molecule has 0 aliphatic carbocycles. The van der Waals surface area contributed by atoms with Crippen LogP contribution >= 0.6 is 0 Å². The van der Waals surface area contributed by atoms with Crippen molar-refractivity contribution in [3.05, 3.63) is 0 Å². The van der Waals surface area contributed by atoms with Gasteiger partial charge in [-0.15, -0.1) is 0 Å². The number of carboxylic acids is 1. The molecule has 5 nitrogen and oxygen atoms in total. The molecule has 0 aromatic carbocycles. The van der Waals surface area contributed by atoms with Gasteiger partial charge in [-0.05, 0) is 6.42 Å². The maximum atomic E-state index is 10.9. The minimum absolute atomic E-state index is 0. The molecule has 0 heterocycles. The van der Waals surface area contributed by atoms with Crippen molar-refractivity contribution in [2.75, 3.05) is 0 Å². The third-order valence-electron chi connectivity index (χ3n) is 3.95. The van der Waals surface area contributed by atoms with Gasteiger partial charge in [-0.25, -0.2) is 0 Å². The molecule has 0 radical (unpaired) electrons. The fourth-order valence-corrected chi connectivity index (χ4v) is 3.29. The SMILES string of the molecule is CCCCCCCCCCCCCCC(C(=O)O)S(=O)(=O)O.[H-].[H-].[Na+].[Na+]. The Morgan fingerprint density at radius 3 is 1.46 bits per heavy atom. The molecular formula is C16H34Na2O5S. The number of hydrogen-bond acceptors (Lipinski definition) is 3. The van der Waals surface area contributed by atoms with Crippen molar-refractivity contribution in [2.45, 2.75) is 95.6 Å². The molecule has 0 saturated heterocycles. The van der Waals surface area contributed by atoms with Gasteiger partial charge in [0.05, 0.1) is 0 Å². The fourth-order valence-electron chi connectivity index (χ4n) is 2.57. The van der Waals surface area contributed by atoms with E-state index in [1.54, 1.807) is 0 Å². The second kappa shape index (κ2) is 19.2. The van der Waals surface area contributed by atoms with E-state index in [-0.39, 0.29) is 68.4 Å². The average molecular weight is 384 g/mol. The van der Waals surface area contributed by atoms with Gasteiger partial charge in [0.2, 0.25) is 0 Å². The minimum atomic E-state index is -4.48. The Hall–Kier alpha value is 1.38. The molecular weight excluding hydrogens is 350 g/mol. The normalized spacial score (nSPS) is 12.1. The predicted molar refractivity (Wildman–Crippen MR) is 90.9 cm³/mol. The van der Waals surface area contributed by atoms with Gasteiger partial charge < -0.3 is 7.96 Å². The van der Waals surface area contributed by atoms with Crippen molar-refractivity contribution in [1.82, 2.24) is 0 Å². The van der Waals surface area contributed by atoms with E-state index in [0.717, 1.165) is 19.3 Å². The maximum absolute atomic E-state index is 10.9. The summed E-state index contributed by atoms with van der Waals surface area (Å²) >= 11 is 0. The molecule has 1 unspecified atom stereocenters. The average Bonchev–Trinajstić information content (AvgIpc) is 2.42. The Morgan fingerprint density at radius 2 is 1.17 bits per heavy atom. The summed E-state index contributed by atoms with van der Waals surface area (Å²) in [6, 6.07) is 0. The van der Waals surface area contributed by atoms with E-state index in [4.69, 9.17) is 9.66 Å². The summed E-state index contributed by atoms with van der Waals surface area (Å²) in [6.07, 6.45) is 13.8. The molecule has 0 fully saturated rings. The Balaban J connectivity index is -0.000000367. The van der Waals surface area contributed by atoms with E-state index in [1.807, 2.05) is 0 Å². The Bertz CT molecular complexity index is 398. The van der Waals surface area contributed by atoms with Gasteiger partial charge in [-0.3, -0.25) is 9.35 Å². The molecule has 0 rings (SSSR count). The molecule has 0 aliphatic heterocycles. The maximum Gasteiger partial charge on any atom is 1.00 e. The number of hydrogen-bond donors (Lipinski definition) is 2. The molecule has 136 valence electrons. The van der Waals surface area contributed by atoms with Crippen LogP contribution in [0.5, 0.6) is 0 Å². The van der Waals surface area contributed by atoms with E-state index in [1.165, 1.54) is 51.4 Å². The largest absolute Gasteiger partial charge is 1.00 e. The van der Waals surface area contributed by atoms with Gasteiger partial charge in [-0.1, -0.05) is 84.0 Å². The number of aliphatic carboxylic acids is 1. The van der Waals surface area contributed by atoms with E-state index in [9.17, 15) is 13.2 Å². The Labute approximate surface area is 195 Å². The van der Waals surface area contributed by atoms with Crippen LogP contribution in [-0.4, -0.2) is 29.3 Å². The summed E-state index contributed by atoms with van der Waals surface area (Å²) in [7, 11) is -4.48. The minimum Gasteiger partial charge on any atom is -1.00 e. The third-order valence-corrected chi connectivity index (χ3v) is 5.11. The van der Waals surface area contributed by atoms with E-state index < -0.39 is 21.3 Å².